The van der Waals surface area contributed by atoms with E-state index in [-0.39, 0.29) is 5.91 Å². The summed E-state index contributed by atoms with van der Waals surface area (Å²) in [4.78, 5) is 18.5. The van der Waals surface area contributed by atoms with Gasteiger partial charge in [-0.05, 0) is 38.9 Å². The minimum atomic E-state index is 0.0818. The van der Waals surface area contributed by atoms with Gasteiger partial charge in [0, 0.05) is 18.8 Å². The summed E-state index contributed by atoms with van der Waals surface area (Å²) in [5.41, 5.74) is 1.06. The third kappa shape index (κ3) is 5.10. The number of nitrogens with one attached hydrogen (secondary N) is 2. The second kappa shape index (κ2) is 8.29. The minimum Gasteiger partial charge on any atom is -0.349 e. The molecule has 1 amide bonds. The van der Waals surface area contributed by atoms with Crippen LogP contribution in [0.2, 0.25) is 0 Å². The Kier molecular flexibility index (Phi) is 6.39. The highest BCUT2D eigenvalue weighted by molar-refractivity contribution is 5.77. The summed E-state index contributed by atoms with van der Waals surface area (Å²) >= 11 is 0. The minimum absolute atomic E-state index is 0.0818. The molecule has 22 heavy (non-hydrogen) atoms. The fourth-order valence-corrected chi connectivity index (χ4v) is 2.90. The predicted octanol–water partition coefficient (Wildman–Crippen LogP) is 0.839. The molecule has 0 atom stereocenters. The van der Waals surface area contributed by atoms with Gasteiger partial charge in [-0.3, -0.25) is 9.69 Å². The summed E-state index contributed by atoms with van der Waals surface area (Å²) in [6, 6.07) is 0.512. The van der Waals surface area contributed by atoms with Gasteiger partial charge in [-0.2, -0.15) is 0 Å². The number of aromatic nitrogens is 2. The first-order valence-electron chi connectivity index (χ1n) is 8.23. The van der Waals surface area contributed by atoms with Crippen LogP contribution in [0.4, 0.5) is 0 Å². The van der Waals surface area contributed by atoms with Crippen molar-refractivity contribution in [1.82, 2.24) is 25.1 Å². The van der Waals surface area contributed by atoms with Gasteiger partial charge in [-0.15, -0.1) is 0 Å². The monoisotopic (exact) mass is 307 g/mol. The molecule has 124 valence electrons. The van der Waals surface area contributed by atoms with Gasteiger partial charge in [0.05, 0.1) is 25.1 Å². The first kappa shape index (κ1) is 17.0. The quantitative estimate of drug-likeness (QED) is 0.783. The van der Waals surface area contributed by atoms with Crippen LogP contribution in [0.25, 0.3) is 0 Å². The van der Waals surface area contributed by atoms with Gasteiger partial charge in [-0.25, -0.2) is 4.98 Å². The van der Waals surface area contributed by atoms with E-state index in [4.69, 9.17) is 0 Å². The van der Waals surface area contributed by atoms with Gasteiger partial charge in [-0.1, -0.05) is 13.8 Å². The Morgan fingerprint density at radius 1 is 1.50 bits per heavy atom. The molecule has 2 rings (SSSR count). The Morgan fingerprint density at radius 3 is 2.91 bits per heavy atom. The molecule has 1 aromatic rings. The molecule has 0 aromatic carbocycles. The van der Waals surface area contributed by atoms with E-state index in [1.807, 2.05) is 19.6 Å². The van der Waals surface area contributed by atoms with Crippen LogP contribution in [0.1, 0.15) is 32.4 Å². The molecule has 0 aliphatic carbocycles. The summed E-state index contributed by atoms with van der Waals surface area (Å²) in [5.74, 6) is 0.646. The molecule has 0 spiro atoms. The third-order valence-corrected chi connectivity index (χ3v) is 4.15. The lowest BCUT2D eigenvalue weighted by atomic mass is 10.1. The smallest absolute Gasteiger partial charge is 0.234 e. The first-order chi connectivity index (χ1) is 10.6. The first-order valence-corrected chi connectivity index (χ1v) is 8.23. The second-order valence-corrected chi connectivity index (χ2v) is 6.60. The molecule has 0 bridgehead atoms. The van der Waals surface area contributed by atoms with E-state index >= 15 is 0 Å². The highest BCUT2D eigenvalue weighted by Gasteiger charge is 2.19. The molecule has 1 aromatic heterocycles. The van der Waals surface area contributed by atoms with Crippen LogP contribution >= 0.6 is 0 Å². The maximum Gasteiger partial charge on any atom is 0.234 e. The largest absolute Gasteiger partial charge is 0.349 e. The molecule has 1 aliphatic heterocycles. The van der Waals surface area contributed by atoms with Crippen molar-refractivity contribution in [2.75, 3.05) is 26.7 Å². The molecule has 1 aliphatic rings. The third-order valence-electron chi connectivity index (χ3n) is 4.15. The molecule has 1 saturated heterocycles. The number of rotatable bonds is 7. The van der Waals surface area contributed by atoms with Gasteiger partial charge < -0.3 is 15.2 Å². The van der Waals surface area contributed by atoms with Crippen LogP contribution in [0, 0.1) is 5.92 Å². The van der Waals surface area contributed by atoms with Gasteiger partial charge in [0.15, 0.2) is 0 Å². The number of imidazole rings is 1. The number of amides is 1. The van der Waals surface area contributed by atoms with Crippen LogP contribution in [-0.4, -0.2) is 53.1 Å². The van der Waals surface area contributed by atoms with Crippen molar-refractivity contribution in [1.29, 1.82) is 0 Å². The van der Waals surface area contributed by atoms with Crippen LogP contribution in [0.3, 0.4) is 0 Å². The fraction of sp³-hybridized carbons (Fsp3) is 0.750. The van der Waals surface area contributed by atoms with E-state index in [9.17, 15) is 4.79 Å². The highest BCUT2D eigenvalue weighted by atomic mass is 16.2. The predicted molar refractivity (Wildman–Crippen MR) is 87.4 cm³/mol. The van der Waals surface area contributed by atoms with Gasteiger partial charge in [0.2, 0.25) is 5.91 Å². The normalized spacial score (nSPS) is 16.4. The van der Waals surface area contributed by atoms with E-state index in [2.05, 4.69) is 38.9 Å². The van der Waals surface area contributed by atoms with E-state index < -0.39 is 0 Å². The molecule has 1 fully saturated rings. The van der Waals surface area contributed by atoms with Gasteiger partial charge in [0.25, 0.3) is 0 Å². The van der Waals surface area contributed by atoms with Crippen LogP contribution in [-0.2, 0) is 17.9 Å². The van der Waals surface area contributed by atoms with Crippen molar-refractivity contribution in [3.05, 3.63) is 18.2 Å². The van der Waals surface area contributed by atoms with Gasteiger partial charge in [0.1, 0.15) is 0 Å². The van der Waals surface area contributed by atoms with E-state index in [1.165, 1.54) is 0 Å². The average molecular weight is 307 g/mol. The molecular formula is C16H29N5O. The van der Waals surface area contributed by atoms with E-state index in [0.717, 1.165) is 38.2 Å². The fourth-order valence-electron chi connectivity index (χ4n) is 2.90. The Balaban J connectivity index is 1.76. The Hall–Kier alpha value is -1.40. The SMILES string of the molecule is CC(C)Cn1cncc1CNC(=O)CN(C)C1CCNCC1. The zero-order chi connectivity index (χ0) is 15.9. The lowest BCUT2D eigenvalue weighted by Gasteiger charge is -2.31. The molecule has 6 heteroatoms. The maximum atomic E-state index is 12.1. The average Bonchev–Trinajstić information content (AvgIpc) is 2.92. The summed E-state index contributed by atoms with van der Waals surface area (Å²) in [5, 5.41) is 6.36. The number of carbonyl (C=O) groups excluding carboxylic acids is 1. The highest BCUT2D eigenvalue weighted by Crippen LogP contribution is 2.09. The van der Waals surface area contributed by atoms with Crippen molar-refractivity contribution < 1.29 is 4.79 Å². The van der Waals surface area contributed by atoms with Gasteiger partial charge >= 0.3 is 0 Å². The molecule has 0 unspecified atom stereocenters. The number of carbonyl (C=O) groups is 1. The lowest BCUT2D eigenvalue weighted by Crippen LogP contribution is -2.45. The number of hydrogen-bond acceptors (Lipinski definition) is 4. The van der Waals surface area contributed by atoms with Crippen molar-refractivity contribution in [3.63, 3.8) is 0 Å². The maximum absolute atomic E-state index is 12.1. The van der Waals surface area contributed by atoms with Crippen LogP contribution in [0.15, 0.2) is 12.5 Å². The van der Waals surface area contributed by atoms with Crippen LogP contribution < -0.4 is 10.6 Å². The molecule has 2 N–H and O–H groups in total. The van der Waals surface area contributed by atoms with Crippen molar-refractivity contribution >= 4 is 5.91 Å². The zero-order valence-electron chi connectivity index (χ0n) is 14.0. The number of likely N-dealkylation sites (N-methyl/N-ethyl adjacent to an activating group) is 1. The summed E-state index contributed by atoms with van der Waals surface area (Å²) in [6.45, 7) is 8.39. The molecule has 6 nitrogen and oxygen atoms in total. The van der Waals surface area contributed by atoms with E-state index in [0.29, 0.717) is 25.0 Å². The number of hydrogen-bond donors (Lipinski definition) is 2. The Bertz CT molecular complexity index is 465. The summed E-state index contributed by atoms with van der Waals surface area (Å²) in [7, 11) is 2.04. The van der Waals surface area contributed by atoms with Crippen LogP contribution in [0.5, 0.6) is 0 Å². The Morgan fingerprint density at radius 2 is 2.23 bits per heavy atom. The molecule has 2 heterocycles. The number of piperidine rings is 1. The van der Waals surface area contributed by atoms with Crippen molar-refractivity contribution in [2.24, 2.45) is 5.92 Å². The number of nitrogens with zero attached hydrogens (tertiary/aromatic N) is 3. The van der Waals surface area contributed by atoms with Crippen molar-refractivity contribution in [3.8, 4) is 0 Å². The van der Waals surface area contributed by atoms with E-state index in [1.54, 1.807) is 0 Å². The standard InChI is InChI=1S/C16H29N5O/c1-13(2)10-21-12-18-8-15(21)9-19-16(22)11-20(3)14-4-6-17-7-5-14/h8,12-14,17H,4-7,9-11H2,1-3H3,(H,19,22). The lowest BCUT2D eigenvalue weighted by molar-refractivity contribution is -0.122. The second-order valence-electron chi connectivity index (χ2n) is 6.60. The zero-order valence-corrected chi connectivity index (χ0v) is 14.0. The molecular weight excluding hydrogens is 278 g/mol. The molecule has 0 saturated carbocycles. The Labute approximate surface area is 133 Å². The molecule has 0 radical (unpaired) electrons. The summed E-state index contributed by atoms with van der Waals surface area (Å²) in [6.07, 6.45) is 5.90. The topological polar surface area (TPSA) is 62.2 Å². The summed E-state index contributed by atoms with van der Waals surface area (Å²) < 4.78 is 2.11. The van der Waals surface area contributed by atoms with Crippen molar-refractivity contribution in [2.45, 2.75) is 45.8 Å².